The van der Waals surface area contributed by atoms with Crippen LogP contribution in [-0.2, 0) is 11.3 Å². The molecule has 2 aliphatic rings. The maximum atomic E-state index is 12.4. The van der Waals surface area contributed by atoms with E-state index in [1.165, 1.54) is 27.9 Å². The van der Waals surface area contributed by atoms with Gasteiger partial charge >= 0.3 is 6.09 Å². The predicted octanol–water partition coefficient (Wildman–Crippen LogP) is 3.36. The zero-order valence-corrected chi connectivity index (χ0v) is 20.4. The van der Waals surface area contributed by atoms with Gasteiger partial charge in [-0.2, -0.15) is 0 Å². The molecule has 0 saturated carbocycles. The Balaban J connectivity index is 1.73. The molecular formula is C23H38N4O2S. The molecule has 0 radical (unpaired) electrons. The number of thiol groups is 1. The van der Waals surface area contributed by atoms with Crippen molar-refractivity contribution in [3.63, 3.8) is 0 Å². The number of anilines is 1. The molecule has 2 aliphatic heterocycles. The van der Waals surface area contributed by atoms with E-state index in [-0.39, 0.29) is 6.09 Å². The lowest BCUT2D eigenvalue weighted by atomic mass is 9.95. The Labute approximate surface area is 187 Å². The number of amides is 1. The highest BCUT2D eigenvalue weighted by Crippen LogP contribution is 2.36. The molecule has 30 heavy (non-hydrogen) atoms. The molecule has 1 aromatic carbocycles. The van der Waals surface area contributed by atoms with Crippen LogP contribution in [0, 0.1) is 20.8 Å². The first-order valence-corrected chi connectivity index (χ1v) is 11.5. The maximum absolute atomic E-state index is 12.4. The number of carbonyl (C=O) groups excluding carboxylic acids is 1. The zero-order chi connectivity index (χ0) is 22.1. The first-order valence-electron chi connectivity index (χ1n) is 11.1. The molecular weight excluding hydrogens is 396 g/mol. The standard InChI is InChI=1S/C23H38N4O2S/c1-16-19(15-25-11-13-27(14-12-25)22(28)29-23(4,5)6)17(2)21(30)18(3)20(16)26-9-7-24-8-10-26/h24,30H,7-15H2,1-6H3. The van der Waals surface area contributed by atoms with Crippen molar-refractivity contribution in [2.45, 2.75) is 58.6 Å². The average Bonchev–Trinajstić information content (AvgIpc) is 2.70. The van der Waals surface area contributed by atoms with E-state index < -0.39 is 5.60 Å². The summed E-state index contributed by atoms with van der Waals surface area (Å²) in [6.07, 6.45) is -0.205. The lowest BCUT2D eigenvalue weighted by Gasteiger charge is -2.37. The highest BCUT2D eigenvalue weighted by molar-refractivity contribution is 7.80. The molecule has 0 atom stereocenters. The second-order valence-corrected chi connectivity index (χ2v) is 9.98. The van der Waals surface area contributed by atoms with Crippen LogP contribution in [0.5, 0.6) is 0 Å². The van der Waals surface area contributed by atoms with E-state index in [9.17, 15) is 4.79 Å². The summed E-state index contributed by atoms with van der Waals surface area (Å²) in [5.74, 6) is 0. The maximum Gasteiger partial charge on any atom is 0.410 e. The van der Waals surface area contributed by atoms with Crippen LogP contribution >= 0.6 is 12.6 Å². The molecule has 3 rings (SSSR count). The third-order valence-electron chi connectivity index (χ3n) is 6.17. The Morgan fingerprint density at radius 1 is 0.967 bits per heavy atom. The Kier molecular flexibility index (Phi) is 7.25. The Hall–Kier alpha value is -1.44. The van der Waals surface area contributed by atoms with Crippen molar-refractivity contribution in [1.29, 1.82) is 0 Å². The predicted molar refractivity (Wildman–Crippen MR) is 126 cm³/mol. The largest absolute Gasteiger partial charge is 0.444 e. The normalized spacial score (nSPS) is 18.6. The van der Waals surface area contributed by atoms with Crippen molar-refractivity contribution in [3.05, 3.63) is 22.3 Å². The van der Waals surface area contributed by atoms with Crippen LogP contribution in [0.2, 0.25) is 0 Å². The third kappa shape index (κ3) is 5.24. The van der Waals surface area contributed by atoms with Gasteiger partial charge in [0, 0.05) is 69.5 Å². The molecule has 1 aromatic rings. The van der Waals surface area contributed by atoms with Gasteiger partial charge in [-0.3, -0.25) is 4.90 Å². The van der Waals surface area contributed by atoms with Gasteiger partial charge in [0.25, 0.3) is 0 Å². The molecule has 0 spiro atoms. The fourth-order valence-corrected chi connectivity index (χ4v) is 4.72. The summed E-state index contributed by atoms with van der Waals surface area (Å²) >= 11 is 4.89. The molecule has 7 heteroatoms. The highest BCUT2D eigenvalue weighted by Gasteiger charge is 2.27. The van der Waals surface area contributed by atoms with Gasteiger partial charge < -0.3 is 19.9 Å². The van der Waals surface area contributed by atoms with Crippen LogP contribution in [0.25, 0.3) is 0 Å². The fraction of sp³-hybridized carbons (Fsp3) is 0.696. The molecule has 168 valence electrons. The Morgan fingerprint density at radius 3 is 2.13 bits per heavy atom. The van der Waals surface area contributed by atoms with E-state index >= 15 is 0 Å². The monoisotopic (exact) mass is 434 g/mol. The first kappa shape index (κ1) is 23.2. The van der Waals surface area contributed by atoms with Gasteiger partial charge in [-0.15, -0.1) is 12.6 Å². The molecule has 0 aromatic heterocycles. The molecule has 1 N–H and O–H groups in total. The fourth-order valence-electron chi connectivity index (χ4n) is 4.48. The SMILES string of the molecule is Cc1c(S)c(C)c(N2CCNCC2)c(C)c1CN1CCN(C(=O)OC(C)(C)C)CC1. The summed E-state index contributed by atoms with van der Waals surface area (Å²) in [5.41, 5.74) is 6.22. The molecule has 1 amide bonds. The summed E-state index contributed by atoms with van der Waals surface area (Å²) < 4.78 is 5.53. The Morgan fingerprint density at radius 2 is 1.57 bits per heavy atom. The van der Waals surface area contributed by atoms with Gasteiger partial charge in [0.15, 0.2) is 0 Å². The zero-order valence-electron chi connectivity index (χ0n) is 19.5. The lowest BCUT2D eigenvalue weighted by molar-refractivity contribution is 0.0138. The Bertz CT molecular complexity index is 777. The van der Waals surface area contributed by atoms with Crippen molar-refractivity contribution >= 4 is 24.4 Å². The minimum Gasteiger partial charge on any atom is -0.444 e. The quantitative estimate of drug-likeness (QED) is 0.715. The number of hydrogen-bond acceptors (Lipinski definition) is 6. The van der Waals surface area contributed by atoms with Gasteiger partial charge in [0.2, 0.25) is 0 Å². The summed E-state index contributed by atoms with van der Waals surface area (Å²) in [6, 6.07) is 0. The van der Waals surface area contributed by atoms with Crippen molar-refractivity contribution in [2.75, 3.05) is 57.3 Å². The van der Waals surface area contributed by atoms with Crippen molar-refractivity contribution in [1.82, 2.24) is 15.1 Å². The van der Waals surface area contributed by atoms with Gasteiger partial charge in [-0.25, -0.2) is 4.79 Å². The molecule has 2 saturated heterocycles. The van der Waals surface area contributed by atoms with Gasteiger partial charge in [-0.05, 0) is 63.8 Å². The lowest BCUT2D eigenvalue weighted by Crippen LogP contribution is -2.49. The molecule has 2 heterocycles. The van der Waals surface area contributed by atoms with E-state index in [1.807, 2.05) is 25.7 Å². The smallest absolute Gasteiger partial charge is 0.410 e. The topological polar surface area (TPSA) is 48.0 Å². The van der Waals surface area contributed by atoms with Crippen molar-refractivity contribution < 1.29 is 9.53 Å². The number of piperazine rings is 2. The van der Waals surface area contributed by atoms with Crippen LogP contribution in [0.4, 0.5) is 10.5 Å². The highest BCUT2D eigenvalue weighted by atomic mass is 32.1. The van der Waals surface area contributed by atoms with E-state index in [0.29, 0.717) is 13.1 Å². The molecule has 6 nitrogen and oxygen atoms in total. The van der Waals surface area contributed by atoms with E-state index in [2.05, 4.69) is 35.9 Å². The average molecular weight is 435 g/mol. The number of rotatable bonds is 3. The summed E-state index contributed by atoms with van der Waals surface area (Å²) in [4.78, 5) is 20.2. The first-order chi connectivity index (χ1) is 14.1. The molecule has 0 bridgehead atoms. The van der Waals surface area contributed by atoms with Crippen molar-refractivity contribution in [3.8, 4) is 0 Å². The minimum atomic E-state index is -0.451. The van der Waals surface area contributed by atoms with Gasteiger partial charge in [0.1, 0.15) is 5.60 Å². The van der Waals surface area contributed by atoms with Gasteiger partial charge in [-0.1, -0.05) is 0 Å². The van der Waals surface area contributed by atoms with Crippen LogP contribution in [0.3, 0.4) is 0 Å². The van der Waals surface area contributed by atoms with E-state index in [1.54, 1.807) is 0 Å². The van der Waals surface area contributed by atoms with Crippen LogP contribution in [0.1, 0.15) is 43.0 Å². The number of hydrogen-bond donors (Lipinski definition) is 2. The molecule has 0 unspecified atom stereocenters. The number of nitrogens with zero attached hydrogens (tertiary/aromatic N) is 3. The van der Waals surface area contributed by atoms with Crippen LogP contribution < -0.4 is 10.2 Å². The minimum absolute atomic E-state index is 0.205. The summed E-state index contributed by atoms with van der Waals surface area (Å²) in [7, 11) is 0. The number of carbonyl (C=O) groups is 1. The van der Waals surface area contributed by atoms with E-state index in [0.717, 1.165) is 50.7 Å². The second kappa shape index (κ2) is 9.37. The summed E-state index contributed by atoms with van der Waals surface area (Å²) in [5, 5.41) is 3.45. The number of benzene rings is 1. The van der Waals surface area contributed by atoms with Crippen molar-refractivity contribution in [2.24, 2.45) is 0 Å². The number of ether oxygens (including phenoxy) is 1. The molecule has 2 fully saturated rings. The van der Waals surface area contributed by atoms with Crippen LogP contribution in [0.15, 0.2) is 4.90 Å². The third-order valence-corrected chi connectivity index (χ3v) is 6.84. The van der Waals surface area contributed by atoms with Crippen LogP contribution in [-0.4, -0.2) is 73.9 Å². The number of nitrogens with one attached hydrogen (secondary N) is 1. The summed E-state index contributed by atoms with van der Waals surface area (Å²) in [6.45, 7) is 20.5. The molecule has 0 aliphatic carbocycles. The van der Waals surface area contributed by atoms with Gasteiger partial charge in [0.05, 0.1) is 0 Å². The van der Waals surface area contributed by atoms with E-state index in [4.69, 9.17) is 17.4 Å². The second-order valence-electron chi connectivity index (χ2n) is 9.53.